The highest BCUT2D eigenvalue weighted by Gasteiger charge is 1.99. The van der Waals surface area contributed by atoms with Crippen molar-refractivity contribution in [2.75, 3.05) is 11.9 Å². The summed E-state index contributed by atoms with van der Waals surface area (Å²) in [5, 5.41) is 3.10. The topological polar surface area (TPSA) is 37.8 Å². The second-order valence-electron chi connectivity index (χ2n) is 3.52. The summed E-state index contributed by atoms with van der Waals surface area (Å²) in [5.41, 5.74) is 1.94. The molecule has 2 rings (SSSR count). The van der Waals surface area contributed by atoms with E-state index in [1.165, 1.54) is 0 Å². The molecule has 0 aliphatic carbocycles. The third kappa shape index (κ3) is 3.39. The zero-order valence-electron chi connectivity index (χ0n) is 9.23. The molecule has 1 N–H and O–H groups in total. The van der Waals surface area contributed by atoms with Crippen LogP contribution in [0.3, 0.4) is 0 Å². The predicted octanol–water partition coefficient (Wildman–Crippen LogP) is 3.46. The van der Waals surface area contributed by atoms with Crippen molar-refractivity contribution in [3.05, 3.63) is 53.8 Å². The lowest BCUT2D eigenvalue weighted by molar-refractivity contribution is 1.16. The van der Waals surface area contributed by atoms with Crippen molar-refractivity contribution in [1.29, 1.82) is 0 Å². The molecule has 0 aliphatic rings. The number of aromatic nitrogens is 2. The van der Waals surface area contributed by atoms with Gasteiger partial charge in [0.1, 0.15) is 5.82 Å². The highest BCUT2D eigenvalue weighted by Crippen LogP contribution is 2.15. The second kappa shape index (κ2) is 5.59. The van der Waals surface area contributed by atoms with E-state index in [9.17, 15) is 0 Å². The highest BCUT2D eigenvalue weighted by molar-refractivity contribution is 9.11. The number of hydrogen-bond donors (Lipinski definition) is 1. The Hall–Kier alpha value is -1.68. The summed E-state index contributed by atoms with van der Waals surface area (Å²) in [7, 11) is 0. The van der Waals surface area contributed by atoms with Gasteiger partial charge in [-0.2, -0.15) is 0 Å². The molecule has 17 heavy (non-hydrogen) atoms. The third-order valence-corrected chi connectivity index (χ3v) is 2.46. The fraction of sp³-hybridized carbons (Fsp3) is 0.0769. The van der Waals surface area contributed by atoms with E-state index in [2.05, 4.69) is 37.8 Å². The van der Waals surface area contributed by atoms with E-state index in [0.717, 1.165) is 21.6 Å². The summed E-state index contributed by atoms with van der Waals surface area (Å²) in [6.45, 7) is 4.38. The minimum atomic E-state index is 0.638. The molecule has 1 aromatic carbocycles. The first-order valence-electron chi connectivity index (χ1n) is 5.20. The van der Waals surface area contributed by atoms with Crippen molar-refractivity contribution in [3.8, 4) is 11.3 Å². The summed E-state index contributed by atoms with van der Waals surface area (Å²) < 4.78 is 0.881. The first-order valence-corrected chi connectivity index (χ1v) is 5.99. The molecule has 0 spiro atoms. The average molecular weight is 290 g/mol. The van der Waals surface area contributed by atoms with Gasteiger partial charge >= 0.3 is 0 Å². The van der Waals surface area contributed by atoms with E-state index in [-0.39, 0.29) is 0 Å². The molecule has 0 radical (unpaired) electrons. The molecule has 0 unspecified atom stereocenters. The minimum Gasteiger partial charge on any atom is -0.364 e. The molecule has 3 nitrogen and oxygen atoms in total. The average Bonchev–Trinajstić information content (AvgIpc) is 2.38. The SMILES string of the molecule is C=C(Br)CNc1cnc(-c2ccccc2)cn1. The molecule has 1 heterocycles. The Labute approximate surface area is 109 Å². The Morgan fingerprint density at radius 2 is 1.94 bits per heavy atom. The fourth-order valence-electron chi connectivity index (χ4n) is 1.36. The number of benzene rings is 1. The van der Waals surface area contributed by atoms with Crippen molar-refractivity contribution in [2.45, 2.75) is 0 Å². The molecule has 0 saturated carbocycles. The Bertz CT molecular complexity index is 494. The number of hydrogen-bond acceptors (Lipinski definition) is 3. The number of nitrogens with one attached hydrogen (secondary N) is 1. The Kier molecular flexibility index (Phi) is 3.88. The molecule has 1 aromatic heterocycles. The number of rotatable bonds is 4. The maximum atomic E-state index is 4.36. The molecule has 0 bridgehead atoms. The quantitative estimate of drug-likeness (QED) is 0.937. The smallest absolute Gasteiger partial charge is 0.144 e. The summed E-state index contributed by atoms with van der Waals surface area (Å²) in [5.74, 6) is 0.741. The number of nitrogens with zero attached hydrogens (tertiary/aromatic N) is 2. The van der Waals surface area contributed by atoms with Crippen LogP contribution in [0.5, 0.6) is 0 Å². The number of anilines is 1. The molecule has 86 valence electrons. The van der Waals surface area contributed by atoms with E-state index in [1.54, 1.807) is 12.4 Å². The first-order chi connectivity index (χ1) is 8.25. The van der Waals surface area contributed by atoms with Crippen molar-refractivity contribution in [1.82, 2.24) is 9.97 Å². The zero-order chi connectivity index (χ0) is 12.1. The maximum absolute atomic E-state index is 4.36. The molecule has 0 atom stereocenters. The van der Waals surface area contributed by atoms with E-state index in [4.69, 9.17) is 0 Å². The van der Waals surface area contributed by atoms with Gasteiger partial charge in [0.15, 0.2) is 0 Å². The van der Waals surface area contributed by atoms with Crippen LogP contribution in [-0.4, -0.2) is 16.5 Å². The van der Waals surface area contributed by atoms with Gasteiger partial charge in [-0.3, -0.25) is 4.98 Å². The minimum absolute atomic E-state index is 0.638. The Balaban J connectivity index is 2.11. The van der Waals surface area contributed by atoms with Crippen LogP contribution in [0.15, 0.2) is 53.8 Å². The van der Waals surface area contributed by atoms with Crippen LogP contribution in [0.4, 0.5) is 5.82 Å². The van der Waals surface area contributed by atoms with Gasteiger partial charge in [-0.25, -0.2) is 4.98 Å². The maximum Gasteiger partial charge on any atom is 0.144 e. The van der Waals surface area contributed by atoms with Crippen molar-refractivity contribution >= 4 is 21.7 Å². The molecule has 4 heteroatoms. The van der Waals surface area contributed by atoms with E-state index in [1.807, 2.05) is 30.3 Å². The van der Waals surface area contributed by atoms with Gasteiger partial charge in [-0.15, -0.1) is 0 Å². The van der Waals surface area contributed by atoms with Crippen LogP contribution in [0.2, 0.25) is 0 Å². The molecule has 0 amide bonds. The van der Waals surface area contributed by atoms with E-state index < -0.39 is 0 Å². The molecule has 0 saturated heterocycles. The molecular weight excluding hydrogens is 278 g/mol. The van der Waals surface area contributed by atoms with Gasteiger partial charge in [0.2, 0.25) is 0 Å². The first kappa shape index (κ1) is 11.8. The molecule has 0 fully saturated rings. The normalized spacial score (nSPS) is 9.94. The van der Waals surface area contributed by atoms with Crippen LogP contribution in [0, 0.1) is 0 Å². The van der Waals surface area contributed by atoms with Gasteiger partial charge in [-0.1, -0.05) is 52.8 Å². The van der Waals surface area contributed by atoms with Crippen LogP contribution in [0.25, 0.3) is 11.3 Å². The van der Waals surface area contributed by atoms with Crippen LogP contribution in [0.1, 0.15) is 0 Å². The largest absolute Gasteiger partial charge is 0.364 e. The van der Waals surface area contributed by atoms with Crippen molar-refractivity contribution in [2.24, 2.45) is 0 Å². The predicted molar refractivity (Wildman–Crippen MR) is 74.0 cm³/mol. The summed E-state index contributed by atoms with van der Waals surface area (Å²) in [6, 6.07) is 9.97. The van der Waals surface area contributed by atoms with E-state index in [0.29, 0.717) is 6.54 Å². The van der Waals surface area contributed by atoms with Crippen LogP contribution in [-0.2, 0) is 0 Å². The molecule has 2 aromatic rings. The standard InChI is InChI=1S/C13H12BrN3/c1-10(14)7-16-13-9-15-12(8-17-13)11-5-3-2-4-6-11/h2-6,8-9H,1,7H2,(H,16,17). The Morgan fingerprint density at radius 3 is 2.53 bits per heavy atom. The molecule has 0 aliphatic heterocycles. The lowest BCUT2D eigenvalue weighted by Crippen LogP contribution is -2.03. The Morgan fingerprint density at radius 1 is 1.18 bits per heavy atom. The summed E-state index contributed by atoms with van der Waals surface area (Å²) >= 11 is 3.28. The fourth-order valence-corrected chi connectivity index (χ4v) is 1.50. The zero-order valence-corrected chi connectivity index (χ0v) is 10.8. The van der Waals surface area contributed by atoms with Crippen molar-refractivity contribution < 1.29 is 0 Å². The van der Waals surface area contributed by atoms with Gasteiger partial charge in [0.05, 0.1) is 18.1 Å². The van der Waals surface area contributed by atoms with Gasteiger partial charge in [0.25, 0.3) is 0 Å². The van der Waals surface area contributed by atoms with Gasteiger partial charge < -0.3 is 5.32 Å². The van der Waals surface area contributed by atoms with Crippen LogP contribution >= 0.6 is 15.9 Å². The second-order valence-corrected chi connectivity index (χ2v) is 4.65. The third-order valence-electron chi connectivity index (χ3n) is 2.18. The monoisotopic (exact) mass is 289 g/mol. The van der Waals surface area contributed by atoms with Crippen molar-refractivity contribution in [3.63, 3.8) is 0 Å². The summed E-state index contributed by atoms with van der Waals surface area (Å²) in [4.78, 5) is 8.65. The highest BCUT2D eigenvalue weighted by atomic mass is 79.9. The summed E-state index contributed by atoms with van der Waals surface area (Å²) in [6.07, 6.45) is 3.48. The van der Waals surface area contributed by atoms with Gasteiger partial charge in [0, 0.05) is 16.6 Å². The lowest BCUT2D eigenvalue weighted by atomic mass is 10.2. The lowest BCUT2D eigenvalue weighted by Gasteiger charge is -2.04. The number of halogens is 1. The van der Waals surface area contributed by atoms with E-state index >= 15 is 0 Å². The van der Waals surface area contributed by atoms with Crippen LogP contribution < -0.4 is 5.32 Å². The van der Waals surface area contributed by atoms with Gasteiger partial charge in [-0.05, 0) is 0 Å². The molecular formula is C13H12BrN3.